The fourth-order valence-electron chi connectivity index (χ4n) is 1.44. The Morgan fingerprint density at radius 1 is 1.12 bits per heavy atom. The third kappa shape index (κ3) is 1.85. The van der Waals surface area contributed by atoms with Crippen molar-refractivity contribution in [3.63, 3.8) is 0 Å². The minimum Gasteiger partial charge on any atom is -0.361 e. The Labute approximate surface area is 106 Å². The number of hydrogen-bond donors (Lipinski definition) is 0. The van der Waals surface area contributed by atoms with E-state index < -0.39 is 0 Å². The summed E-state index contributed by atoms with van der Waals surface area (Å²) in [5.41, 5.74) is 2.35. The predicted octanol–water partition coefficient (Wildman–Crippen LogP) is 3.47. The lowest BCUT2D eigenvalue weighted by atomic mass is 10.2. The monoisotopic (exact) mass is 301 g/mol. The number of rotatable bonds is 1. The lowest BCUT2D eigenvalue weighted by Crippen LogP contribution is -1.95. The Morgan fingerprint density at radius 2 is 1.81 bits per heavy atom. The molecule has 2 aromatic rings. The van der Waals surface area contributed by atoms with Crippen molar-refractivity contribution in [2.45, 2.75) is 20.8 Å². The Bertz CT molecular complexity index is 510. The van der Waals surface area contributed by atoms with E-state index in [1.165, 1.54) is 0 Å². The van der Waals surface area contributed by atoms with E-state index in [9.17, 15) is 0 Å². The number of aryl methyl sites for hydroxylation is 3. The first-order chi connectivity index (χ1) is 7.50. The van der Waals surface area contributed by atoms with Crippen molar-refractivity contribution in [2.75, 3.05) is 0 Å². The second-order valence-electron chi connectivity index (χ2n) is 3.44. The molecule has 0 aromatic carbocycles. The molecule has 0 N–H and O–H groups in total. The normalized spacial score (nSPS) is 10.8. The second-order valence-corrected chi connectivity index (χ2v) is 4.59. The van der Waals surface area contributed by atoms with Gasteiger partial charge in [-0.25, -0.2) is 9.97 Å². The molecular weight excluding hydrogens is 293 g/mol. The molecule has 84 valence electrons. The van der Waals surface area contributed by atoms with Gasteiger partial charge in [-0.05, 0) is 36.7 Å². The highest BCUT2D eigenvalue weighted by molar-refractivity contribution is 9.10. The van der Waals surface area contributed by atoms with E-state index in [1.807, 2.05) is 20.8 Å². The molecule has 2 heterocycles. The van der Waals surface area contributed by atoms with Crippen molar-refractivity contribution in [3.8, 4) is 11.4 Å². The molecule has 4 nitrogen and oxygen atoms in total. The summed E-state index contributed by atoms with van der Waals surface area (Å²) in [7, 11) is 0. The van der Waals surface area contributed by atoms with Crippen molar-refractivity contribution in [1.82, 2.24) is 15.1 Å². The lowest BCUT2D eigenvalue weighted by Gasteiger charge is -2.03. The number of aromatic nitrogens is 3. The Hall–Kier alpha value is -0.940. The van der Waals surface area contributed by atoms with Crippen LogP contribution in [-0.4, -0.2) is 15.1 Å². The van der Waals surface area contributed by atoms with Gasteiger partial charge in [0.25, 0.3) is 0 Å². The summed E-state index contributed by atoms with van der Waals surface area (Å²) in [6, 6.07) is 0. The van der Waals surface area contributed by atoms with Gasteiger partial charge in [-0.3, -0.25) is 0 Å². The first kappa shape index (κ1) is 11.5. The molecule has 0 saturated carbocycles. The van der Waals surface area contributed by atoms with E-state index in [1.54, 1.807) is 0 Å². The summed E-state index contributed by atoms with van der Waals surface area (Å²) < 4.78 is 5.79. The zero-order valence-electron chi connectivity index (χ0n) is 9.01. The largest absolute Gasteiger partial charge is 0.361 e. The van der Waals surface area contributed by atoms with Crippen molar-refractivity contribution >= 4 is 27.5 Å². The minimum absolute atomic E-state index is 0.391. The zero-order chi connectivity index (χ0) is 11.9. The van der Waals surface area contributed by atoms with Crippen LogP contribution < -0.4 is 0 Å². The molecule has 0 unspecified atom stereocenters. The molecule has 0 atom stereocenters. The topological polar surface area (TPSA) is 51.8 Å². The van der Waals surface area contributed by atoms with Crippen LogP contribution in [0.1, 0.15) is 17.1 Å². The molecule has 0 amide bonds. The standard InChI is InChI=1S/C10H9BrClN3O/c1-4-7(6(3)16-15-4)10-13-5(2)8(11)9(12)14-10/h1-3H3. The highest BCUT2D eigenvalue weighted by Gasteiger charge is 2.16. The number of hydrogen-bond acceptors (Lipinski definition) is 4. The van der Waals surface area contributed by atoms with Crippen molar-refractivity contribution in [2.24, 2.45) is 0 Å². The Kier molecular flexibility index (Phi) is 2.99. The summed E-state index contributed by atoms with van der Waals surface area (Å²) in [5, 5.41) is 4.26. The van der Waals surface area contributed by atoms with Crippen LogP contribution in [-0.2, 0) is 0 Å². The molecular formula is C10H9BrClN3O. The maximum atomic E-state index is 5.99. The number of halogens is 2. The van der Waals surface area contributed by atoms with Gasteiger partial charge in [0.15, 0.2) is 5.82 Å². The fourth-order valence-corrected chi connectivity index (χ4v) is 1.83. The van der Waals surface area contributed by atoms with Gasteiger partial charge in [0.05, 0.1) is 21.4 Å². The van der Waals surface area contributed by atoms with E-state index in [0.29, 0.717) is 21.2 Å². The second kappa shape index (κ2) is 4.14. The molecule has 0 spiro atoms. The van der Waals surface area contributed by atoms with E-state index in [-0.39, 0.29) is 0 Å². The van der Waals surface area contributed by atoms with E-state index >= 15 is 0 Å². The first-order valence-corrected chi connectivity index (χ1v) is 5.80. The molecule has 2 rings (SSSR count). The summed E-state index contributed by atoms with van der Waals surface area (Å²) in [6.45, 7) is 5.53. The molecule has 0 aliphatic heterocycles. The summed E-state index contributed by atoms with van der Waals surface area (Å²) in [5.74, 6) is 1.23. The first-order valence-electron chi connectivity index (χ1n) is 4.63. The van der Waals surface area contributed by atoms with Crippen LogP contribution in [0.5, 0.6) is 0 Å². The minimum atomic E-state index is 0.391. The van der Waals surface area contributed by atoms with Gasteiger partial charge < -0.3 is 4.52 Å². The highest BCUT2D eigenvalue weighted by Crippen LogP contribution is 2.29. The van der Waals surface area contributed by atoms with E-state index in [0.717, 1.165) is 17.0 Å². The van der Waals surface area contributed by atoms with Crippen LogP contribution in [0.3, 0.4) is 0 Å². The van der Waals surface area contributed by atoms with Gasteiger partial charge in [0.1, 0.15) is 10.9 Å². The third-order valence-electron chi connectivity index (χ3n) is 2.23. The van der Waals surface area contributed by atoms with Gasteiger partial charge in [0.2, 0.25) is 0 Å². The fraction of sp³-hybridized carbons (Fsp3) is 0.300. The van der Waals surface area contributed by atoms with Crippen molar-refractivity contribution < 1.29 is 4.52 Å². The lowest BCUT2D eigenvalue weighted by molar-refractivity contribution is 0.393. The third-order valence-corrected chi connectivity index (χ3v) is 3.68. The molecule has 0 radical (unpaired) electrons. The average molecular weight is 303 g/mol. The van der Waals surface area contributed by atoms with Crippen molar-refractivity contribution in [1.29, 1.82) is 0 Å². The maximum absolute atomic E-state index is 5.99. The van der Waals surface area contributed by atoms with E-state index in [2.05, 4.69) is 31.1 Å². The molecule has 2 aromatic heterocycles. The predicted molar refractivity (Wildman–Crippen MR) is 64.5 cm³/mol. The van der Waals surface area contributed by atoms with Crippen LogP contribution in [0, 0.1) is 20.8 Å². The van der Waals surface area contributed by atoms with Crippen molar-refractivity contribution in [3.05, 3.63) is 26.8 Å². The molecule has 0 saturated heterocycles. The highest BCUT2D eigenvalue weighted by atomic mass is 79.9. The molecule has 6 heteroatoms. The zero-order valence-corrected chi connectivity index (χ0v) is 11.3. The average Bonchev–Trinajstić information content (AvgIpc) is 2.54. The summed E-state index contributed by atoms with van der Waals surface area (Å²) in [6.07, 6.45) is 0. The molecule has 16 heavy (non-hydrogen) atoms. The van der Waals surface area contributed by atoms with Gasteiger partial charge in [-0.15, -0.1) is 0 Å². The number of nitrogens with zero attached hydrogens (tertiary/aromatic N) is 3. The summed E-state index contributed by atoms with van der Waals surface area (Å²) >= 11 is 9.31. The van der Waals surface area contributed by atoms with Gasteiger partial charge in [-0.1, -0.05) is 16.8 Å². The van der Waals surface area contributed by atoms with Gasteiger partial charge >= 0.3 is 0 Å². The van der Waals surface area contributed by atoms with E-state index in [4.69, 9.17) is 16.1 Å². The van der Waals surface area contributed by atoms with Crippen LogP contribution >= 0.6 is 27.5 Å². The Balaban J connectivity index is 2.66. The van der Waals surface area contributed by atoms with Crippen LogP contribution in [0.25, 0.3) is 11.4 Å². The summed E-state index contributed by atoms with van der Waals surface area (Å²) in [4.78, 5) is 8.56. The smallest absolute Gasteiger partial charge is 0.166 e. The maximum Gasteiger partial charge on any atom is 0.166 e. The van der Waals surface area contributed by atoms with Crippen LogP contribution in [0.2, 0.25) is 5.15 Å². The molecule has 0 fully saturated rings. The van der Waals surface area contributed by atoms with Gasteiger partial charge in [-0.2, -0.15) is 0 Å². The van der Waals surface area contributed by atoms with Crippen LogP contribution in [0.15, 0.2) is 9.00 Å². The van der Waals surface area contributed by atoms with Crippen LogP contribution in [0.4, 0.5) is 0 Å². The quantitative estimate of drug-likeness (QED) is 0.757. The SMILES string of the molecule is Cc1nc(-c2c(C)noc2C)nc(Cl)c1Br. The van der Waals surface area contributed by atoms with Gasteiger partial charge in [0, 0.05) is 0 Å². The molecule has 0 bridgehead atoms. The Morgan fingerprint density at radius 3 is 2.31 bits per heavy atom. The molecule has 0 aliphatic carbocycles. The molecule has 0 aliphatic rings.